The molecule has 1 rings (SSSR count). The maximum absolute atomic E-state index is 11.1. The van der Waals surface area contributed by atoms with Crippen LogP contribution in [0.15, 0.2) is 0 Å². The Hall–Kier alpha value is -0.650. The molecule has 1 aliphatic rings. The molecule has 4 atom stereocenters. The van der Waals surface area contributed by atoms with Crippen molar-refractivity contribution in [3.63, 3.8) is 0 Å². The molecule has 2 N–H and O–H groups in total. The lowest BCUT2D eigenvalue weighted by Crippen LogP contribution is -2.39. The van der Waals surface area contributed by atoms with Crippen molar-refractivity contribution in [1.82, 2.24) is 0 Å². The molecule has 0 radical (unpaired) electrons. The van der Waals surface area contributed by atoms with E-state index in [-0.39, 0.29) is 12.7 Å². The number of epoxide rings is 1. The van der Waals surface area contributed by atoms with Crippen molar-refractivity contribution in [1.29, 1.82) is 0 Å². The monoisotopic (exact) mass is 218 g/mol. The van der Waals surface area contributed by atoms with E-state index in [1.54, 1.807) is 6.92 Å². The van der Waals surface area contributed by atoms with Crippen LogP contribution in [0.5, 0.6) is 0 Å². The second kappa shape index (κ2) is 5.44. The summed E-state index contributed by atoms with van der Waals surface area (Å²) in [5, 5.41) is 19.0. The smallest absolute Gasteiger partial charge is 0.337 e. The van der Waals surface area contributed by atoms with Gasteiger partial charge >= 0.3 is 5.97 Å². The van der Waals surface area contributed by atoms with E-state index in [2.05, 4.69) is 4.74 Å². The summed E-state index contributed by atoms with van der Waals surface area (Å²) in [6.45, 7) is 3.84. The highest BCUT2D eigenvalue weighted by Gasteiger charge is 2.48. The average Bonchev–Trinajstić information content (AvgIpc) is 2.96. The van der Waals surface area contributed by atoms with Crippen LogP contribution in [0.2, 0.25) is 0 Å². The zero-order chi connectivity index (χ0) is 11.4. The van der Waals surface area contributed by atoms with Crippen molar-refractivity contribution in [2.75, 3.05) is 6.61 Å². The van der Waals surface area contributed by atoms with Gasteiger partial charge in [0.1, 0.15) is 12.2 Å². The Bertz CT molecular complexity index is 218. The van der Waals surface area contributed by atoms with Crippen LogP contribution in [0.1, 0.15) is 26.7 Å². The molecule has 88 valence electrons. The highest BCUT2D eigenvalue weighted by atomic mass is 16.6. The molecule has 15 heavy (non-hydrogen) atoms. The van der Waals surface area contributed by atoms with E-state index in [1.165, 1.54) is 0 Å². The number of ether oxygens (including phenoxy) is 2. The van der Waals surface area contributed by atoms with E-state index in [0.717, 1.165) is 12.8 Å². The van der Waals surface area contributed by atoms with Crippen molar-refractivity contribution in [2.45, 2.75) is 51.1 Å². The van der Waals surface area contributed by atoms with Crippen LogP contribution in [0, 0.1) is 0 Å². The summed E-state index contributed by atoms with van der Waals surface area (Å²) < 4.78 is 9.74. The van der Waals surface area contributed by atoms with Crippen LogP contribution >= 0.6 is 0 Å². The minimum Gasteiger partial charge on any atom is -0.464 e. The van der Waals surface area contributed by atoms with E-state index in [4.69, 9.17) is 4.74 Å². The lowest BCUT2D eigenvalue weighted by molar-refractivity contribution is -0.159. The Morgan fingerprint density at radius 2 is 2.13 bits per heavy atom. The minimum absolute atomic E-state index is 0.0333. The third-order valence-electron chi connectivity index (χ3n) is 2.38. The Morgan fingerprint density at radius 1 is 1.47 bits per heavy atom. The van der Waals surface area contributed by atoms with Crippen LogP contribution in [-0.2, 0) is 14.3 Å². The number of aliphatic hydroxyl groups excluding tert-OH is 2. The highest BCUT2D eigenvalue weighted by Crippen LogP contribution is 2.30. The average molecular weight is 218 g/mol. The predicted octanol–water partition coefficient (Wildman–Crippen LogP) is -0.161. The fourth-order valence-electron chi connectivity index (χ4n) is 1.52. The first-order chi connectivity index (χ1) is 7.11. The quantitative estimate of drug-likeness (QED) is 0.478. The van der Waals surface area contributed by atoms with Crippen LogP contribution in [0.3, 0.4) is 0 Å². The van der Waals surface area contributed by atoms with Gasteiger partial charge < -0.3 is 19.7 Å². The van der Waals surface area contributed by atoms with Crippen LogP contribution < -0.4 is 0 Å². The molecule has 1 aliphatic heterocycles. The fourth-order valence-corrected chi connectivity index (χ4v) is 1.52. The third kappa shape index (κ3) is 3.15. The van der Waals surface area contributed by atoms with E-state index in [1.807, 2.05) is 6.92 Å². The van der Waals surface area contributed by atoms with Crippen molar-refractivity contribution < 1.29 is 24.5 Å². The first-order valence-electron chi connectivity index (χ1n) is 5.30. The number of hydrogen-bond acceptors (Lipinski definition) is 5. The largest absolute Gasteiger partial charge is 0.464 e. The number of rotatable bonds is 6. The molecule has 1 heterocycles. The summed E-state index contributed by atoms with van der Waals surface area (Å²) in [5.74, 6) is -0.796. The van der Waals surface area contributed by atoms with Gasteiger partial charge in [-0.3, -0.25) is 0 Å². The van der Waals surface area contributed by atoms with Gasteiger partial charge in [0.05, 0.1) is 12.7 Å². The lowest BCUT2D eigenvalue weighted by Gasteiger charge is -2.14. The number of esters is 1. The van der Waals surface area contributed by atoms with E-state index < -0.39 is 24.3 Å². The molecule has 5 nitrogen and oxygen atoms in total. The first-order valence-corrected chi connectivity index (χ1v) is 5.30. The molecule has 1 fully saturated rings. The zero-order valence-corrected chi connectivity index (χ0v) is 9.05. The molecule has 0 saturated carbocycles. The molecule has 0 aromatic carbocycles. The van der Waals surface area contributed by atoms with E-state index in [0.29, 0.717) is 0 Å². The van der Waals surface area contributed by atoms with Crippen LogP contribution in [-0.4, -0.2) is 47.2 Å². The number of aliphatic hydroxyl groups is 2. The van der Waals surface area contributed by atoms with Gasteiger partial charge in [0, 0.05) is 0 Å². The fraction of sp³-hybridized carbons (Fsp3) is 0.900. The van der Waals surface area contributed by atoms with Gasteiger partial charge in [0.25, 0.3) is 0 Å². The zero-order valence-electron chi connectivity index (χ0n) is 9.05. The van der Waals surface area contributed by atoms with Gasteiger partial charge in [0.15, 0.2) is 6.10 Å². The Balaban J connectivity index is 2.34. The van der Waals surface area contributed by atoms with Crippen molar-refractivity contribution >= 4 is 5.97 Å². The van der Waals surface area contributed by atoms with Gasteiger partial charge in [-0.25, -0.2) is 4.79 Å². The number of hydrogen-bond donors (Lipinski definition) is 2. The molecule has 0 amide bonds. The second-order valence-electron chi connectivity index (χ2n) is 3.62. The van der Waals surface area contributed by atoms with Gasteiger partial charge in [-0.15, -0.1) is 0 Å². The van der Waals surface area contributed by atoms with Crippen molar-refractivity contribution in [2.24, 2.45) is 0 Å². The Labute approximate surface area is 89.0 Å². The Morgan fingerprint density at radius 3 is 2.67 bits per heavy atom. The normalized spacial score (nSPS) is 28.3. The number of carbonyl (C=O) groups is 1. The molecule has 0 aromatic heterocycles. The maximum atomic E-state index is 11.1. The minimum atomic E-state index is -1.50. The topological polar surface area (TPSA) is 79.3 Å². The summed E-state index contributed by atoms with van der Waals surface area (Å²) in [4.78, 5) is 11.1. The summed E-state index contributed by atoms with van der Waals surface area (Å²) >= 11 is 0. The van der Waals surface area contributed by atoms with Gasteiger partial charge in [-0.1, -0.05) is 13.3 Å². The molecule has 0 bridgehead atoms. The van der Waals surface area contributed by atoms with Crippen LogP contribution in [0.25, 0.3) is 0 Å². The lowest BCUT2D eigenvalue weighted by atomic mass is 10.1. The molecule has 1 saturated heterocycles. The molecule has 0 spiro atoms. The van der Waals surface area contributed by atoms with Crippen LogP contribution in [0.4, 0.5) is 0 Å². The highest BCUT2D eigenvalue weighted by molar-refractivity contribution is 5.75. The third-order valence-corrected chi connectivity index (χ3v) is 2.38. The summed E-state index contributed by atoms with van der Waals surface area (Å²) in [6.07, 6.45) is -1.36. The summed E-state index contributed by atoms with van der Waals surface area (Å²) in [5.41, 5.74) is 0. The van der Waals surface area contributed by atoms with Crippen molar-refractivity contribution in [3.8, 4) is 0 Å². The molecule has 0 aromatic rings. The number of carbonyl (C=O) groups excluding carboxylic acids is 1. The molecular formula is C10H18O5. The Kier molecular flexibility index (Phi) is 4.50. The van der Waals surface area contributed by atoms with Gasteiger partial charge in [-0.2, -0.15) is 0 Å². The van der Waals surface area contributed by atoms with E-state index in [9.17, 15) is 15.0 Å². The molecule has 0 aliphatic carbocycles. The summed E-state index contributed by atoms with van der Waals surface area (Å²) in [6, 6.07) is 0. The standard InChI is InChI=1S/C10H18O5/c1-3-5-6-9(15-6)7(11)8(12)10(13)14-4-2/h6-9,11-12H,3-5H2,1-2H3/t6-,7-,8-,9+/m0/s1. The summed E-state index contributed by atoms with van der Waals surface area (Å²) in [7, 11) is 0. The predicted molar refractivity (Wildman–Crippen MR) is 52.2 cm³/mol. The molecule has 5 heteroatoms. The maximum Gasteiger partial charge on any atom is 0.337 e. The molecular weight excluding hydrogens is 200 g/mol. The second-order valence-corrected chi connectivity index (χ2v) is 3.62. The van der Waals surface area contributed by atoms with Gasteiger partial charge in [0.2, 0.25) is 0 Å². The van der Waals surface area contributed by atoms with E-state index >= 15 is 0 Å². The first kappa shape index (κ1) is 12.4. The molecule has 0 unspecified atom stereocenters. The van der Waals surface area contributed by atoms with Crippen molar-refractivity contribution in [3.05, 3.63) is 0 Å². The van der Waals surface area contributed by atoms with Gasteiger partial charge in [-0.05, 0) is 13.3 Å². The SMILES string of the molecule is CCC[C@@H]1O[C@H]1[C@@H](O)[C@H](O)C(=O)OCC.